The number of nitrogens with zero attached hydrogens (tertiary/aromatic N) is 4. The zero-order valence-corrected chi connectivity index (χ0v) is 10.3. The van der Waals surface area contributed by atoms with Gasteiger partial charge in [0.2, 0.25) is 5.16 Å². The van der Waals surface area contributed by atoms with Crippen LogP contribution in [0.1, 0.15) is 11.1 Å². The molecule has 0 unspecified atom stereocenters. The van der Waals surface area contributed by atoms with Crippen molar-refractivity contribution >= 4 is 17.6 Å². The third-order valence-electron chi connectivity index (χ3n) is 2.21. The van der Waals surface area contributed by atoms with E-state index in [2.05, 4.69) is 15.5 Å². The van der Waals surface area contributed by atoms with Crippen molar-refractivity contribution in [3.8, 4) is 0 Å². The van der Waals surface area contributed by atoms with Gasteiger partial charge in [0.1, 0.15) is 5.84 Å². The van der Waals surface area contributed by atoms with Crippen LogP contribution in [0.15, 0.2) is 28.3 Å². The maximum absolute atomic E-state index is 7.56. The minimum absolute atomic E-state index is 0.0475. The second-order valence-electron chi connectivity index (χ2n) is 3.60. The molecule has 0 fully saturated rings. The lowest BCUT2D eigenvalue weighted by Gasteiger charge is -2.07. The monoisotopic (exact) mass is 248 g/mol. The fraction of sp³-hybridized carbons (Fsp3) is 0.200. The zero-order valence-electron chi connectivity index (χ0n) is 9.51. The van der Waals surface area contributed by atoms with Gasteiger partial charge in [0.05, 0.1) is 0 Å². The van der Waals surface area contributed by atoms with Crippen molar-refractivity contribution in [2.75, 3.05) is 0 Å². The summed E-state index contributed by atoms with van der Waals surface area (Å²) in [6.45, 7) is 1.96. The number of nitrogens with one attached hydrogen (secondary N) is 1. The number of nitrogens with two attached hydrogens (primary N) is 1. The molecule has 3 N–H and O–H groups in total. The molecule has 7 heteroatoms. The molecule has 2 aromatic rings. The van der Waals surface area contributed by atoms with Crippen molar-refractivity contribution in [2.24, 2.45) is 12.8 Å². The molecule has 0 radical (unpaired) electrons. The van der Waals surface area contributed by atoms with Crippen molar-refractivity contribution in [2.45, 2.75) is 17.0 Å². The largest absolute Gasteiger partial charge is 0.384 e. The van der Waals surface area contributed by atoms with Gasteiger partial charge in [0.25, 0.3) is 0 Å². The number of benzene rings is 1. The Morgan fingerprint density at radius 2 is 2.24 bits per heavy atom. The Balaban J connectivity index is 2.39. The van der Waals surface area contributed by atoms with Crippen LogP contribution in [-0.4, -0.2) is 26.0 Å². The highest BCUT2D eigenvalue weighted by Gasteiger charge is 2.11. The number of aryl methyl sites for hydroxylation is 2. The Bertz CT molecular complexity index is 562. The molecule has 2 rings (SSSR count). The van der Waals surface area contributed by atoms with Crippen LogP contribution in [0.25, 0.3) is 0 Å². The van der Waals surface area contributed by atoms with E-state index in [-0.39, 0.29) is 5.84 Å². The molecule has 88 valence electrons. The summed E-state index contributed by atoms with van der Waals surface area (Å²) in [5.74, 6) is 0.0475. The van der Waals surface area contributed by atoms with Crippen LogP contribution in [-0.2, 0) is 7.05 Å². The molecule has 0 aliphatic heterocycles. The van der Waals surface area contributed by atoms with E-state index in [1.807, 2.05) is 25.1 Å². The minimum atomic E-state index is 0.0475. The topological polar surface area (TPSA) is 93.5 Å². The normalized spacial score (nSPS) is 10.5. The molecule has 0 aliphatic carbocycles. The number of hydrogen-bond donors (Lipinski definition) is 2. The minimum Gasteiger partial charge on any atom is -0.384 e. The Labute approximate surface area is 103 Å². The first-order valence-corrected chi connectivity index (χ1v) is 5.75. The number of nitrogen functional groups attached to an aromatic ring is 1. The van der Waals surface area contributed by atoms with E-state index in [4.69, 9.17) is 11.1 Å². The van der Waals surface area contributed by atoms with E-state index in [1.54, 1.807) is 11.7 Å². The molecular weight excluding hydrogens is 236 g/mol. The molecule has 1 heterocycles. The van der Waals surface area contributed by atoms with Crippen molar-refractivity contribution < 1.29 is 0 Å². The molecule has 6 nitrogen and oxygen atoms in total. The summed E-state index contributed by atoms with van der Waals surface area (Å²) in [6.07, 6.45) is 0. The van der Waals surface area contributed by atoms with Crippen molar-refractivity contribution in [3.63, 3.8) is 0 Å². The lowest BCUT2D eigenvalue weighted by Crippen LogP contribution is -2.12. The third-order valence-corrected chi connectivity index (χ3v) is 3.31. The highest BCUT2D eigenvalue weighted by molar-refractivity contribution is 7.99. The van der Waals surface area contributed by atoms with Gasteiger partial charge in [-0.15, -0.1) is 5.10 Å². The van der Waals surface area contributed by atoms with Gasteiger partial charge >= 0.3 is 0 Å². The van der Waals surface area contributed by atoms with Gasteiger partial charge in [0.15, 0.2) is 0 Å². The maximum Gasteiger partial charge on any atom is 0.213 e. The van der Waals surface area contributed by atoms with Crippen LogP contribution in [0.2, 0.25) is 0 Å². The van der Waals surface area contributed by atoms with Gasteiger partial charge in [-0.25, -0.2) is 4.68 Å². The van der Waals surface area contributed by atoms with E-state index >= 15 is 0 Å². The number of rotatable bonds is 3. The van der Waals surface area contributed by atoms with Crippen LogP contribution in [0.5, 0.6) is 0 Å². The van der Waals surface area contributed by atoms with Crippen LogP contribution in [0.4, 0.5) is 0 Å². The number of tetrazole rings is 1. The zero-order chi connectivity index (χ0) is 12.4. The Morgan fingerprint density at radius 1 is 1.47 bits per heavy atom. The Kier molecular flexibility index (Phi) is 3.10. The number of aromatic nitrogens is 4. The first-order valence-electron chi connectivity index (χ1n) is 4.93. The van der Waals surface area contributed by atoms with Gasteiger partial charge in [-0.2, -0.15) is 0 Å². The standard InChI is InChI=1S/C10H12N6S/c1-6-3-4-8(7(5-6)9(11)12)17-10-13-14-15-16(10)2/h3-5H,1-2H3,(H3,11,12). The van der Waals surface area contributed by atoms with Gasteiger partial charge in [-0.1, -0.05) is 11.6 Å². The fourth-order valence-corrected chi connectivity index (χ4v) is 2.21. The summed E-state index contributed by atoms with van der Waals surface area (Å²) >= 11 is 1.39. The van der Waals surface area contributed by atoms with Gasteiger partial charge in [-0.05, 0) is 41.2 Å². The van der Waals surface area contributed by atoms with Gasteiger partial charge in [0, 0.05) is 17.5 Å². The maximum atomic E-state index is 7.56. The second kappa shape index (κ2) is 4.54. The molecular formula is C10H12N6S. The molecule has 0 saturated heterocycles. The molecule has 0 amide bonds. The number of hydrogen-bond acceptors (Lipinski definition) is 5. The smallest absolute Gasteiger partial charge is 0.213 e. The molecule has 1 aromatic heterocycles. The number of amidine groups is 1. The summed E-state index contributed by atoms with van der Waals surface area (Å²) in [6, 6.07) is 5.78. The average molecular weight is 248 g/mol. The van der Waals surface area contributed by atoms with Crippen molar-refractivity contribution in [1.29, 1.82) is 5.41 Å². The predicted octanol–water partition coefficient (Wildman–Crippen LogP) is 0.954. The summed E-state index contributed by atoms with van der Waals surface area (Å²) < 4.78 is 1.58. The lowest BCUT2D eigenvalue weighted by molar-refractivity contribution is 0.664. The Morgan fingerprint density at radius 3 is 2.82 bits per heavy atom. The highest BCUT2D eigenvalue weighted by Crippen LogP contribution is 2.28. The second-order valence-corrected chi connectivity index (χ2v) is 4.61. The van der Waals surface area contributed by atoms with E-state index < -0.39 is 0 Å². The van der Waals surface area contributed by atoms with Crippen molar-refractivity contribution in [1.82, 2.24) is 20.2 Å². The van der Waals surface area contributed by atoms with Crippen LogP contribution in [0, 0.1) is 12.3 Å². The molecule has 0 aliphatic rings. The fourth-order valence-electron chi connectivity index (χ4n) is 1.35. The third kappa shape index (κ3) is 2.44. The Hall–Kier alpha value is -1.89. The molecule has 0 spiro atoms. The molecule has 0 bridgehead atoms. The van der Waals surface area contributed by atoms with E-state index in [1.165, 1.54) is 11.8 Å². The van der Waals surface area contributed by atoms with Gasteiger partial charge in [-0.3, -0.25) is 5.41 Å². The van der Waals surface area contributed by atoms with E-state index in [9.17, 15) is 0 Å². The van der Waals surface area contributed by atoms with E-state index in [0.717, 1.165) is 10.5 Å². The highest BCUT2D eigenvalue weighted by atomic mass is 32.2. The van der Waals surface area contributed by atoms with E-state index in [0.29, 0.717) is 10.7 Å². The van der Waals surface area contributed by atoms with Crippen LogP contribution >= 0.6 is 11.8 Å². The summed E-state index contributed by atoms with van der Waals surface area (Å²) in [5, 5.41) is 19.4. The molecule has 1 aromatic carbocycles. The SMILES string of the molecule is Cc1ccc(Sc2nnnn2C)c(C(=N)N)c1. The molecule has 17 heavy (non-hydrogen) atoms. The summed E-state index contributed by atoms with van der Waals surface area (Å²) in [7, 11) is 1.77. The average Bonchev–Trinajstić information content (AvgIpc) is 2.67. The predicted molar refractivity (Wildman–Crippen MR) is 65.1 cm³/mol. The molecule has 0 atom stereocenters. The first-order chi connectivity index (χ1) is 8.08. The summed E-state index contributed by atoms with van der Waals surface area (Å²) in [5.41, 5.74) is 7.33. The van der Waals surface area contributed by atoms with Crippen molar-refractivity contribution in [3.05, 3.63) is 29.3 Å². The lowest BCUT2D eigenvalue weighted by atomic mass is 10.1. The first kappa shape index (κ1) is 11.6. The molecule has 0 saturated carbocycles. The van der Waals surface area contributed by atoms with Crippen LogP contribution in [0.3, 0.4) is 0 Å². The quantitative estimate of drug-likeness (QED) is 0.623. The van der Waals surface area contributed by atoms with Crippen LogP contribution < -0.4 is 5.73 Å². The summed E-state index contributed by atoms with van der Waals surface area (Å²) in [4.78, 5) is 0.876. The van der Waals surface area contributed by atoms with Gasteiger partial charge < -0.3 is 5.73 Å².